The molecule has 0 unspecified atom stereocenters. The second-order valence-corrected chi connectivity index (χ2v) is 6.36. The van der Waals surface area contributed by atoms with E-state index in [0.717, 1.165) is 36.2 Å². The molecule has 5 nitrogen and oxygen atoms in total. The molecule has 0 bridgehead atoms. The maximum atomic E-state index is 11.9. The minimum atomic E-state index is 0.135. The highest BCUT2D eigenvalue weighted by Gasteiger charge is 2.14. The summed E-state index contributed by atoms with van der Waals surface area (Å²) >= 11 is 0. The van der Waals surface area contributed by atoms with E-state index in [-0.39, 0.29) is 5.91 Å². The number of nitrogens with one attached hydrogen (secondary N) is 2. The molecule has 3 rings (SSSR count). The minimum Gasteiger partial charge on any atom is -0.441 e. The van der Waals surface area contributed by atoms with Crippen molar-refractivity contribution in [2.45, 2.75) is 39.0 Å². The average Bonchev–Trinajstić information content (AvgIpc) is 2.98. The smallest absolute Gasteiger partial charge is 0.220 e. The SMILES string of the molecule is Cc1cccc2oc(CCNC(=O)CCC3CCNCC3)nc12. The molecule has 124 valence electrons. The number of aromatic nitrogens is 1. The van der Waals surface area contributed by atoms with E-state index in [4.69, 9.17) is 4.42 Å². The topological polar surface area (TPSA) is 67.2 Å². The Hall–Kier alpha value is -1.88. The van der Waals surface area contributed by atoms with Gasteiger partial charge in [-0.25, -0.2) is 4.98 Å². The lowest BCUT2D eigenvalue weighted by molar-refractivity contribution is -0.121. The summed E-state index contributed by atoms with van der Waals surface area (Å²) in [6.45, 7) is 4.78. The second-order valence-electron chi connectivity index (χ2n) is 6.36. The first kappa shape index (κ1) is 16.0. The minimum absolute atomic E-state index is 0.135. The molecule has 1 aromatic heterocycles. The van der Waals surface area contributed by atoms with Crippen molar-refractivity contribution in [1.29, 1.82) is 0 Å². The summed E-state index contributed by atoms with van der Waals surface area (Å²) in [5.74, 6) is 1.52. The van der Waals surface area contributed by atoms with Crippen LogP contribution in [0.5, 0.6) is 0 Å². The summed E-state index contributed by atoms with van der Waals surface area (Å²) in [5, 5.41) is 6.33. The van der Waals surface area contributed by atoms with E-state index < -0.39 is 0 Å². The van der Waals surface area contributed by atoms with Crippen LogP contribution in [-0.2, 0) is 11.2 Å². The molecule has 5 heteroatoms. The van der Waals surface area contributed by atoms with Crippen LogP contribution in [0.25, 0.3) is 11.1 Å². The molecule has 2 aromatic rings. The lowest BCUT2D eigenvalue weighted by Crippen LogP contribution is -2.30. The van der Waals surface area contributed by atoms with E-state index >= 15 is 0 Å². The van der Waals surface area contributed by atoms with Crippen molar-refractivity contribution in [2.75, 3.05) is 19.6 Å². The van der Waals surface area contributed by atoms with E-state index in [9.17, 15) is 4.79 Å². The Kier molecular flexibility index (Phi) is 5.28. The molecule has 0 aliphatic carbocycles. The van der Waals surface area contributed by atoms with Gasteiger partial charge in [-0.2, -0.15) is 0 Å². The number of amides is 1. The van der Waals surface area contributed by atoms with Crippen LogP contribution in [0.15, 0.2) is 22.6 Å². The molecule has 1 aliphatic rings. The summed E-state index contributed by atoms with van der Waals surface area (Å²) in [7, 11) is 0. The summed E-state index contributed by atoms with van der Waals surface area (Å²) in [6, 6.07) is 5.92. The summed E-state index contributed by atoms with van der Waals surface area (Å²) < 4.78 is 5.72. The molecule has 1 amide bonds. The number of hydrogen-bond donors (Lipinski definition) is 2. The van der Waals surface area contributed by atoms with Gasteiger partial charge in [0.25, 0.3) is 0 Å². The first-order chi connectivity index (χ1) is 11.2. The molecular formula is C18H25N3O2. The Morgan fingerprint density at radius 1 is 1.39 bits per heavy atom. The quantitative estimate of drug-likeness (QED) is 0.860. The summed E-state index contributed by atoms with van der Waals surface area (Å²) in [4.78, 5) is 16.4. The highest BCUT2D eigenvalue weighted by atomic mass is 16.3. The average molecular weight is 315 g/mol. The van der Waals surface area contributed by atoms with E-state index in [1.165, 1.54) is 12.8 Å². The van der Waals surface area contributed by atoms with E-state index in [0.29, 0.717) is 31.2 Å². The fourth-order valence-corrected chi connectivity index (χ4v) is 3.14. The van der Waals surface area contributed by atoms with Gasteiger partial charge in [-0.3, -0.25) is 4.79 Å². The standard InChI is InChI=1S/C18H25N3O2/c1-13-3-2-4-15-18(13)21-17(23-15)9-12-20-16(22)6-5-14-7-10-19-11-8-14/h2-4,14,19H,5-12H2,1H3,(H,20,22). The number of nitrogens with zero attached hydrogens (tertiary/aromatic N) is 1. The summed E-state index contributed by atoms with van der Waals surface area (Å²) in [5.41, 5.74) is 2.85. The highest BCUT2D eigenvalue weighted by molar-refractivity contribution is 5.76. The summed E-state index contributed by atoms with van der Waals surface area (Å²) in [6.07, 6.45) is 4.63. The zero-order chi connectivity index (χ0) is 16.1. The maximum absolute atomic E-state index is 11.9. The highest BCUT2D eigenvalue weighted by Crippen LogP contribution is 2.19. The Labute approximate surface area is 136 Å². The fraction of sp³-hybridized carbons (Fsp3) is 0.556. The van der Waals surface area contributed by atoms with Crippen LogP contribution < -0.4 is 10.6 Å². The fourth-order valence-electron chi connectivity index (χ4n) is 3.14. The van der Waals surface area contributed by atoms with Crippen molar-refractivity contribution >= 4 is 17.0 Å². The molecule has 2 N–H and O–H groups in total. The molecule has 0 saturated carbocycles. The van der Waals surface area contributed by atoms with Crippen LogP contribution in [0.1, 0.15) is 37.1 Å². The molecule has 1 aliphatic heterocycles. The van der Waals surface area contributed by atoms with E-state index in [1.807, 2.05) is 25.1 Å². The van der Waals surface area contributed by atoms with Gasteiger partial charge in [0.05, 0.1) is 0 Å². The Balaban J connectivity index is 1.41. The van der Waals surface area contributed by atoms with Gasteiger partial charge in [0.2, 0.25) is 5.91 Å². The van der Waals surface area contributed by atoms with Crippen molar-refractivity contribution in [1.82, 2.24) is 15.6 Å². The van der Waals surface area contributed by atoms with Gasteiger partial charge in [0, 0.05) is 19.4 Å². The lowest BCUT2D eigenvalue weighted by Gasteiger charge is -2.22. The zero-order valence-electron chi connectivity index (χ0n) is 13.7. The van der Waals surface area contributed by atoms with E-state index in [2.05, 4.69) is 15.6 Å². The van der Waals surface area contributed by atoms with Crippen LogP contribution in [0.4, 0.5) is 0 Å². The number of aryl methyl sites for hydroxylation is 1. The number of piperidine rings is 1. The van der Waals surface area contributed by atoms with Gasteiger partial charge >= 0.3 is 0 Å². The molecule has 0 atom stereocenters. The van der Waals surface area contributed by atoms with Crippen LogP contribution >= 0.6 is 0 Å². The van der Waals surface area contributed by atoms with Crippen molar-refractivity contribution < 1.29 is 9.21 Å². The van der Waals surface area contributed by atoms with Gasteiger partial charge in [-0.15, -0.1) is 0 Å². The van der Waals surface area contributed by atoms with Gasteiger partial charge in [0.1, 0.15) is 5.52 Å². The number of carbonyl (C=O) groups excluding carboxylic acids is 1. The van der Waals surface area contributed by atoms with Crippen LogP contribution in [0.3, 0.4) is 0 Å². The zero-order valence-corrected chi connectivity index (χ0v) is 13.7. The van der Waals surface area contributed by atoms with Crippen LogP contribution in [0.2, 0.25) is 0 Å². The predicted octanol–water partition coefficient (Wildman–Crippen LogP) is 2.57. The number of oxazole rings is 1. The Bertz CT molecular complexity index is 659. The molecule has 1 saturated heterocycles. The van der Waals surface area contributed by atoms with Crippen LogP contribution in [0, 0.1) is 12.8 Å². The monoisotopic (exact) mass is 315 g/mol. The van der Waals surface area contributed by atoms with Crippen molar-refractivity contribution in [3.8, 4) is 0 Å². The number of carbonyl (C=O) groups is 1. The molecule has 0 radical (unpaired) electrons. The molecule has 2 heterocycles. The van der Waals surface area contributed by atoms with Crippen LogP contribution in [-0.4, -0.2) is 30.5 Å². The molecule has 23 heavy (non-hydrogen) atoms. The number of rotatable bonds is 6. The van der Waals surface area contributed by atoms with Gasteiger partial charge in [-0.1, -0.05) is 12.1 Å². The maximum Gasteiger partial charge on any atom is 0.220 e. The molecule has 0 spiro atoms. The number of hydrogen-bond acceptors (Lipinski definition) is 4. The number of para-hydroxylation sites is 1. The normalized spacial score (nSPS) is 15.9. The van der Waals surface area contributed by atoms with Gasteiger partial charge in [0.15, 0.2) is 11.5 Å². The number of fused-ring (bicyclic) bond motifs is 1. The predicted molar refractivity (Wildman–Crippen MR) is 90.3 cm³/mol. The molecule has 1 aromatic carbocycles. The van der Waals surface area contributed by atoms with Gasteiger partial charge < -0.3 is 15.1 Å². The third-order valence-corrected chi connectivity index (χ3v) is 4.56. The number of benzene rings is 1. The lowest BCUT2D eigenvalue weighted by atomic mass is 9.93. The Morgan fingerprint density at radius 3 is 3.00 bits per heavy atom. The molecular weight excluding hydrogens is 290 g/mol. The van der Waals surface area contributed by atoms with Crippen molar-refractivity contribution in [2.24, 2.45) is 5.92 Å². The third-order valence-electron chi connectivity index (χ3n) is 4.56. The largest absolute Gasteiger partial charge is 0.441 e. The van der Waals surface area contributed by atoms with E-state index in [1.54, 1.807) is 0 Å². The first-order valence-electron chi connectivity index (χ1n) is 8.55. The van der Waals surface area contributed by atoms with Crippen molar-refractivity contribution in [3.05, 3.63) is 29.7 Å². The second kappa shape index (κ2) is 7.59. The van der Waals surface area contributed by atoms with Crippen molar-refractivity contribution in [3.63, 3.8) is 0 Å². The third kappa shape index (κ3) is 4.32. The van der Waals surface area contributed by atoms with Gasteiger partial charge in [-0.05, 0) is 56.8 Å². The Morgan fingerprint density at radius 2 is 2.22 bits per heavy atom. The molecule has 1 fully saturated rings. The first-order valence-corrected chi connectivity index (χ1v) is 8.55.